The average Bonchev–Trinajstić information content (AvgIpc) is 2.33. The van der Waals surface area contributed by atoms with Crippen molar-refractivity contribution in [2.24, 2.45) is 5.73 Å². The molecule has 1 aliphatic heterocycles. The maximum Gasteiger partial charge on any atom is 0.225 e. The standard InChI is InChI=1S/C14H26N2O2/c15-8-4-9-16(12-5-3-6-12)14(17)11-13-7-1-2-10-18-13/h12-13H,1-11,15H2. The SMILES string of the molecule is NCCCN(C(=O)CC1CCCCO1)C1CCC1. The third-order valence-electron chi connectivity index (χ3n) is 4.12. The Morgan fingerprint density at radius 2 is 2.06 bits per heavy atom. The largest absolute Gasteiger partial charge is 0.378 e. The molecule has 1 heterocycles. The lowest BCUT2D eigenvalue weighted by Crippen LogP contribution is -2.46. The van der Waals surface area contributed by atoms with Crippen LogP contribution in [0.3, 0.4) is 0 Å². The lowest BCUT2D eigenvalue weighted by molar-refractivity contribution is -0.139. The molecule has 0 bridgehead atoms. The van der Waals surface area contributed by atoms with Crippen LogP contribution in [-0.4, -0.2) is 42.6 Å². The van der Waals surface area contributed by atoms with Crippen LogP contribution in [0.25, 0.3) is 0 Å². The van der Waals surface area contributed by atoms with Gasteiger partial charge in [-0.1, -0.05) is 0 Å². The molecule has 0 aromatic carbocycles. The summed E-state index contributed by atoms with van der Waals surface area (Å²) < 4.78 is 5.66. The molecule has 1 saturated carbocycles. The van der Waals surface area contributed by atoms with E-state index in [1.165, 1.54) is 25.7 Å². The van der Waals surface area contributed by atoms with Crippen molar-refractivity contribution in [3.63, 3.8) is 0 Å². The molecule has 1 aliphatic carbocycles. The first-order valence-electron chi connectivity index (χ1n) is 7.42. The van der Waals surface area contributed by atoms with Crippen molar-refractivity contribution in [3.8, 4) is 0 Å². The molecule has 0 spiro atoms. The molecule has 0 aromatic rings. The number of hydrogen-bond donors (Lipinski definition) is 1. The zero-order valence-corrected chi connectivity index (χ0v) is 11.3. The summed E-state index contributed by atoms with van der Waals surface area (Å²) in [6, 6.07) is 0.479. The molecule has 18 heavy (non-hydrogen) atoms. The minimum absolute atomic E-state index is 0.159. The predicted octanol–water partition coefficient (Wildman–Crippen LogP) is 1.68. The molecule has 0 aromatic heterocycles. The fourth-order valence-electron chi connectivity index (χ4n) is 2.75. The van der Waals surface area contributed by atoms with Gasteiger partial charge < -0.3 is 15.4 Å². The Labute approximate surface area is 110 Å². The molecule has 4 nitrogen and oxygen atoms in total. The number of carbonyl (C=O) groups is 1. The molecule has 1 amide bonds. The number of nitrogens with two attached hydrogens (primary N) is 1. The van der Waals surface area contributed by atoms with Crippen LogP contribution in [0.15, 0.2) is 0 Å². The molecule has 1 saturated heterocycles. The van der Waals surface area contributed by atoms with E-state index in [1.54, 1.807) is 0 Å². The van der Waals surface area contributed by atoms with Crippen molar-refractivity contribution < 1.29 is 9.53 Å². The first kappa shape index (κ1) is 13.8. The highest BCUT2D eigenvalue weighted by Crippen LogP contribution is 2.26. The lowest BCUT2D eigenvalue weighted by Gasteiger charge is -2.38. The third kappa shape index (κ3) is 3.69. The zero-order chi connectivity index (χ0) is 12.8. The van der Waals surface area contributed by atoms with E-state index in [0.717, 1.165) is 32.4 Å². The van der Waals surface area contributed by atoms with Crippen LogP contribution in [0.2, 0.25) is 0 Å². The zero-order valence-electron chi connectivity index (χ0n) is 11.3. The highest BCUT2D eigenvalue weighted by atomic mass is 16.5. The van der Waals surface area contributed by atoms with Crippen molar-refractivity contribution in [3.05, 3.63) is 0 Å². The Bertz CT molecular complexity index is 261. The second kappa shape index (κ2) is 7.10. The lowest BCUT2D eigenvalue weighted by atomic mass is 9.90. The molecule has 2 N–H and O–H groups in total. The van der Waals surface area contributed by atoms with Crippen molar-refractivity contribution in [2.45, 2.75) is 63.5 Å². The Morgan fingerprint density at radius 1 is 1.22 bits per heavy atom. The highest BCUT2D eigenvalue weighted by molar-refractivity contribution is 5.77. The van der Waals surface area contributed by atoms with Crippen LogP contribution in [0, 0.1) is 0 Å². The van der Waals surface area contributed by atoms with Gasteiger partial charge in [-0.05, 0) is 51.5 Å². The van der Waals surface area contributed by atoms with Gasteiger partial charge in [0.25, 0.3) is 0 Å². The van der Waals surface area contributed by atoms with Gasteiger partial charge in [-0.15, -0.1) is 0 Å². The third-order valence-corrected chi connectivity index (χ3v) is 4.12. The minimum atomic E-state index is 0.159. The molecule has 2 aliphatic rings. The maximum absolute atomic E-state index is 12.4. The fraction of sp³-hybridized carbons (Fsp3) is 0.929. The summed E-state index contributed by atoms with van der Waals surface area (Å²) in [5, 5.41) is 0. The van der Waals surface area contributed by atoms with Crippen molar-refractivity contribution in [1.82, 2.24) is 4.90 Å². The van der Waals surface area contributed by atoms with Crippen molar-refractivity contribution >= 4 is 5.91 Å². The fourth-order valence-corrected chi connectivity index (χ4v) is 2.75. The van der Waals surface area contributed by atoms with E-state index in [1.807, 2.05) is 0 Å². The Balaban J connectivity index is 1.81. The van der Waals surface area contributed by atoms with Gasteiger partial charge in [-0.2, -0.15) is 0 Å². The number of hydrogen-bond acceptors (Lipinski definition) is 3. The number of rotatable bonds is 6. The van der Waals surface area contributed by atoms with E-state index >= 15 is 0 Å². The molecule has 1 unspecified atom stereocenters. The van der Waals surface area contributed by atoms with Crippen LogP contribution >= 0.6 is 0 Å². The Morgan fingerprint density at radius 3 is 2.61 bits per heavy atom. The summed E-state index contributed by atoms with van der Waals surface area (Å²) in [5.74, 6) is 0.278. The van der Waals surface area contributed by atoms with Crippen LogP contribution in [0.1, 0.15) is 51.4 Å². The van der Waals surface area contributed by atoms with Gasteiger partial charge in [-0.25, -0.2) is 0 Å². The molecule has 2 rings (SSSR count). The second-order valence-electron chi connectivity index (χ2n) is 5.51. The molecule has 0 radical (unpaired) electrons. The van der Waals surface area contributed by atoms with Gasteiger partial charge in [0, 0.05) is 19.2 Å². The molecule has 4 heteroatoms. The topological polar surface area (TPSA) is 55.6 Å². The van der Waals surface area contributed by atoms with E-state index in [0.29, 0.717) is 19.0 Å². The smallest absolute Gasteiger partial charge is 0.225 e. The van der Waals surface area contributed by atoms with Crippen LogP contribution in [0.4, 0.5) is 0 Å². The number of carbonyl (C=O) groups excluding carboxylic acids is 1. The van der Waals surface area contributed by atoms with E-state index < -0.39 is 0 Å². The van der Waals surface area contributed by atoms with Crippen LogP contribution < -0.4 is 5.73 Å². The first-order chi connectivity index (χ1) is 8.81. The predicted molar refractivity (Wildman–Crippen MR) is 71.2 cm³/mol. The van der Waals surface area contributed by atoms with Gasteiger partial charge in [0.15, 0.2) is 0 Å². The maximum atomic E-state index is 12.4. The summed E-state index contributed by atoms with van der Waals surface area (Å²) in [6.45, 7) is 2.31. The number of amides is 1. The van der Waals surface area contributed by atoms with Crippen LogP contribution in [0.5, 0.6) is 0 Å². The minimum Gasteiger partial charge on any atom is -0.378 e. The van der Waals surface area contributed by atoms with Gasteiger partial charge in [0.2, 0.25) is 5.91 Å². The Kier molecular flexibility index (Phi) is 5.45. The summed E-state index contributed by atoms with van der Waals surface area (Å²) in [6.07, 6.45) is 8.62. The average molecular weight is 254 g/mol. The molecule has 104 valence electrons. The summed E-state index contributed by atoms with van der Waals surface area (Å²) >= 11 is 0. The Hall–Kier alpha value is -0.610. The number of nitrogens with zero attached hydrogens (tertiary/aromatic N) is 1. The van der Waals surface area contributed by atoms with Gasteiger partial charge >= 0.3 is 0 Å². The van der Waals surface area contributed by atoms with E-state index in [9.17, 15) is 4.79 Å². The summed E-state index contributed by atoms with van der Waals surface area (Å²) in [7, 11) is 0. The highest BCUT2D eigenvalue weighted by Gasteiger charge is 2.30. The van der Waals surface area contributed by atoms with E-state index in [2.05, 4.69) is 4.90 Å². The van der Waals surface area contributed by atoms with Crippen LogP contribution in [-0.2, 0) is 9.53 Å². The van der Waals surface area contributed by atoms with E-state index in [4.69, 9.17) is 10.5 Å². The second-order valence-corrected chi connectivity index (χ2v) is 5.51. The normalized spacial score (nSPS) is 24.6. The van der Waals surface area contributed by atoms with E-state index in [-0.39, 0.29) is 12.0 Å². The summed E-state index contributed by atoms with van der Waals surface area (Å²) in [5.41, 5.74) is 5.56. The quantitative estimate of drug-likeness (QED) is 0.784. The van der Waals surface area contributed by atoms with Gasteiger partial charge in [0.1, 0.15) is 0 Å². The van der Waals surface area contributed by atoms with Crippen molar-refractivity contribution in [2.75, 3.05) is 19.7 Å². The summed E-state index contributed by atoms with van der Waals surface area (Å²) in [4.78, 5) is 14.4. The van der Waals surface area contributed by atoms with Gasteiger partial charge in [0.05, 0.1) is 12.5 Å². The molecular weight excluding hydrogens is 228 g/mol. The molecule has 1 atom stereocenters. The number of ether oxygens (including phenoxy) is 1. The van der Waals surface area contributed by atoms with Crippen molar-refractivity contribution in [1.29, 1.82) is 0 Å². The molecule has 2 fully saturated rings. The molecular formula is C14H26N2O2. The first-order valence-corrected chi connectivity index (χ1v) is 7.42. The monoisotopic (exact) mass is 254 g/mol. The van der Waals surface area contributed by atoms with Gasteiger partial charge in [-0.3, -0.25) is 4.79 Å².